The standard InChI is InChI=1S/C18H12N2OS/c19-11-13-5-1-2-6-15(13)16-7-3-4-8-17(16)18(21)20-14-9-10-22-12-14/h1-10,12H,(H,20,21). The Hall–Kier alpha value is -2.90. The predicted molar refractivity (Wildman–Crippen MR) is 88.9 cm³/mol. The fourth-order valence-corrected chi connectivity index (χ4v) is 2.85. The molecule has 3 rings (SSSR count). The average Bonchev–Trinajstić information content (AvgIpc) is 3.07. The maximum atomic E-state index is 12.5. The Labute approximate surface area is 132 Å². The van der Waals surface area contributed by atoms with Crippen LogP contribution in [0.15, 0.2) is 65.4 Å². The molecule has 0 atom stereocenters. The molecule has 0 aliphatic rings. The quantitative estimate of drug-likeness (QED) is 0.772. The molecule has 0 radical (unpaired) electrons. The van der Waals surface area contributed by atoms with E-state index in [0.29, 0.717) is 11.1 Å². The number of carbonyl (C=O) groups excluding carboxylic acids is 1. The molecule has 2 aromatic carbocycles. The van der Waals surface area contributed by atoms with Crippen molar-refractivity contribution in [2.24, 2.45) is 0 Å². The van der Waals surface area contributed by atoms with Gasteiger partial charge in [-0.15, -0.1) is 0 Å². The molecular weight excluding hydrogens is 292 g/mol. The minimum atomic E-state index is -0.179. The molecule has 0 bridgehead atoms. The molecule has 0 saturated heterocycles. The molecule has 3 nitrogen and oxygen atoms in total. The van der Waals surface area contributed by atoms with Crippen LogP contribution in [0.3, 0.4) is 0 Å². The molecule has 0 saturated carbocycles. The van der Waals surface area contributed by atoms with Crippen LogP contribution in [0.5, 0.6) is 0 Å². The third kappa shape index (κ3) is 2.76. The zero-order valence-corrected chi connectivity index (χ0v) is 12.4. The summed E-state index contributed by atoms with van der Waals surface area (Å²) < 4.78 is 0. The van der Waals surface area contributed by atoms with Gasteiger partial charge in [0, 0.05) is 16.5 Å². The molecule has 0 spiro atoms. The van der Waals surface area contributed by atoms with Gasteiger partial charge in [0.2, 0.25) is 0 Å². The van der Waals surface area contributed by atoms with Crippen molar-refractivity contribution in [1.82, 2.24) is 0 Å². The number of thiophene rings is 1. The van der Waals surface area contributed by atoms with Crippen LogP contribution < -0.4 is 5.32 Å². The summed E-state index contributed by atoms with van der Waals surface area (Å²) >= 11 is 1.53. The molecule has 22 heavy (non-hydrogen) atoms. The van der Waals surface area contributed by atoms with Gasteiger partial charge in [0.05, 0.1) is 17.3 Å². The zero-order chi connectivity index (χ0) is 15.4. The summed E-state index contributed by atoms with van der Waals surface area (Å²) in [4.78, 5) is 12.5. The van der Waals surface area contributed by atoms with E-state index in [2.05, 4.69) is 11.4 Å². The van der Waals surface area contributed by atoms with Crippen LogP contribution in [-0.2, 0) is 0 Å². The average molecular weight is 304 g/mol. The first-order valence-electron chi connectivity index (χ1n) is 6.71. The first kappa shape index (κ1) is 14.1. The number of nitriles is 1. The molecule has 1 heterocycles. The van der Waals surface area contributed by atoms with E-state index in [-0.39, 0.29) is 5.91 Å². The largest absolute Gasteiger partial charge is 0.321 e. The minimum Gasteiger partial charge on any atom is -0.321 e. The van der Waals surface area contributed by atoms with Gasteiger partial charge < -0.3 is 5.32 Å². The first-order chi connectivity index (χ1) is 10.8. The van der Waals surface area contributed by atoms with Gasteiger partial charge in [0.25, 0.3) is 5.91 Å². The van der Waals surface area contributed by atoms with Crippen molar-refractivity contribution in [1.29, 1.82) is 5.26 Å². The Kier molecular flexibility index (Phi) is 3.99. The molecule has 3 aromatic rings. The monoisotopic (exact) mass is 304 g/mol. The minimum absolute atomic E-state index is 0.179. The molecule has 0 aliphatic heterocycles. The van der Waals surface area contributed by atoms with Gasteiger partial charge in [-0.3, -0.25) is 4.79 Å². The van der Waals surface area contributed by atoms with Gasteiger partial charge in [-0.05, 0) is 29.1 Å². The predicted octanol–water partition coefficient (Wildman–Crippen LogP) is 4.54. The van der Waals surface area contributed by atoms with Crippen molar-refractivity contribution in [2.45, 2.75) is 0 Å². The number of hydrogen-bond donors (Lipinski definition) is 1. The SMILES string of the molecule is N#Cc1ccccc1-c1ccccc1C(=O)Nc1ccsc1. The zero-order valence-electron chi connectivity index (χ0n) is 11.6. The summed E-state index contributed by atoms with van der Waals surface area (Å²) in [5, 5.41) is 15.9. The number of amides is 1. The van der Waals surface area contributed by atoms with Gasteiger partial charge >= 0.3 is 0 Å². The molecule has 0 fully saturated rings. The van der Waals surface area contributed by atoms with E-state index in [1.165, 1.54) is 11.3 Å². The lowest BCUT2D eigenvalue weighted by Crippen LogP contribution is -2.12. The van der Waals surface area contributed by atoms with E-state index < -0.39 is 0 Å². The number of anilines is 1. The second kappa shape index (κ2) is 6.25. The highest BCUT2D eigenvalue weighted by Gasteiger charge is 2.14. The number of nitrogens with one attached hydrogen (secondary N) is 1. The maximum Gasteiger partial charge on any atom is 0.256 e. The Morgan fingerprint density at radius 2 is 1.73 bits per heavy atom. The van der Waals surface area contributed by atoms with Gasteiger partial charge in [-0.25, -0.2) is 0 Å². The van der Waals surface area contributed by atoms with Crippen molar-refractivity contribution in [3.63, 3.8) is 0 Å². The third-order valence-corrected chi connectivity index (χ3v) is 3.97. The molecule has 1 aromatic heterocycles. The van der Waals surface area contributed by atoms with Gasteiger partial charge in [0.15, 0.2) is 0 Å². The lowest BCUT2D eigenvalue weighted by molar-refractivity contribution is 0.102. The van der Waals surface area contributed by atoms with Gasteiger partial charge in [0.1, 0.15) is 0 Å². The highest BCUT2D eigenvalue weighted by Crippen LogP contribution is 2.27. The highest BCUT2D eigenvalue weighted by atomic mass is 32.1. The number of hydrogen-bond acceptors (Lipinski definition) is 3. The van der Waals surface area contributed by atoms with E-state index in [0.717, 1.165) is 16.8 Å². The smallest absolute Gasteiger partial charge is 0.256 e. The van der Waals surface area contributed by atoms with E-state index in [1.54, 1.807) is 12.1 Å². The molecule has 0 aliphatic carbocycles. The number of benzene rings is 2. The molecule has 0 unspecified atom stereocenters. The van der Waals surface area contributed by atoms with Crippen LogP contribution in [0.2, 0.25) is 0 Å². The van der Waals surface area contributed by atoms with Gasteiger partial charge in [-0.1, -0.05) is 36.4 Å². The lowest BCUT2D eigenvalue weighted by Gasteiger charge is -2.10. The second-order valence-corrected chi connectivity index (χ2v) is 5.45. The maximum absolute atomic E-state index is 12.5. The Morgan fingerprint density at radius 1 is 1.00 bits per heavy atom. The third-order valence-electron chi connectivity index (χ3n) is 3.29. The van der Waals surface area contributed by atoms with Crippen molar-refractivity contribution in [2.75, 3.05) is 5.32 Å². The van der Waals surface area contributed by atoms with E-state index in [4.69, 9.17) is 0 Å². The Bertz CT molecular complexity index is 848. The van der Waals surface area contributed by atoms with Crippen LogP contribution in [0, 0.1) is 11.3 Å². The van der Waals surface area contributed by atoms with Crippen LogP contribution in [0.25, 0.3) is 11.1 Å². The fourth-order valence-electron chi connectivity index (χ4n) is 2.27. The second-order valence-electron chi connectivity index (χ2n) is 4.67. The molecular formula is C18H12N2OS. The molecule has 106 valence electrons. The summed E-state index contributed by atoms with van der Waals surface area (Å²) in [6.07, 6.45) is 0. The lowest BCUT2D eigenvalue weighted by atomic mass is 9.95. The first-order valence-corrected chi connectivity index (χ1v) is 7.66. The Morgan fingerprint density at radius 3 is 2.45 bits per heavy atom. The molecule has 1 amide bonds. The van der Waals surface area contributed by atoms with Crippen LogP contribution in [0.1, 0.15) is 15.9 Å². The van der Waals surface area contributed by atoms with Crippen molar-refractivity contribution in [3.05, 3.63) is 76.5 Å². The summed E-state index contributed by atoms with van der Waals surface area (Å²) in [5.41, 5.74) is 3.40. The van der Waals surface area contributed by atoms with Crippen LogP contribution in [0.4, 0.5) is 5.69 Å². The van der Waals surface area contributed by atoms with Crippen molar-refractivity contribution >= 4 is 22.9 Å². The van der Waals surface area contributed by atoms with Crippen molar-refractivity contribution in [3.8, 4) is 17.2 Å². The summed E-state index contributed by atoms with van der Waals surface area (Å²) in [6.45, 7) is 0. The van der Waals surface area contributed by atoms with Crippen LogP contribution >= 0.6 is 11.3 Å². The number of carbonyl (C=O) groups is 1. The summed E-state index contributed by atoms with van der Waals surface area (Å²) in [7, 11) is 0. The van der Waals surface area contributed by atoms with E-state index in [1.807, 2.05) is 53.2 Å². The fraction of sp³-hybridized carbons (Fsp3) is 0. The highest BCUT2D eigenvalue weighted by molar-refractivity contribution is 7.08. The summed E-state index contributed by atoms with van der Waals surface area (Å²) in [6, 6.07) is 18.6. The van der Waals surface area contributed by atoms with E-state index in [9.17, 15) is 10.1 Å². The van der Waals surface area contributed by atoms with E-state index >= 15 is 0 Å². The topological polar surface area (TPSA) is 52.9 Å². The molecule has 4 heteroatoms. The normalized spacial score (nSPS) is 9.95. The van der Waals surface area contributed by atoms with Gasteiger partial charge in [-0.2, -0.15) is 16.6 Å². The number of rotatable bonds is 3. The molecule has 1 N–H and O–H groups in total. The summed E-state index contributed by atoms with van der Waals surface area (Å²) in [5.74, 6) is -0.179. The number of nitrogens with zero attached hydrogens (tertiary/aromatic N) is 1. The Balaban J connectivity index is 2.04. The van der Waals surface area contributed by atoms with Crippen LogP contribution in [-0.4, -0.2) is 5.91 Å². The van der Waals surface area contributed by atoms with Crippen molar-refractivity contribution < 1.29 is 4.79 Å².